The average Bonchev–Trinajstić information content (AvgIpc) is 2.40. The molecule has 0 saturated carbocycles. The molecule has 1 unspecified atom stereocenters. The van der Waals surface area contributed by atoms with E-state index in [9.17, 15) is 14.7 Å². The van der Waals surface area contributed by atoms with Gasteiger partial charge in [-0.05, 0) is 18.2 Å². The summed E-state index contributed by atoms with van der Waals surface area (Å²) in [6.45, 7) is 0.419. The Balaban J connectivity index is 2.31. The molecule has 1 saturated heterocycles. The van der Waals surface area contributed by atoms with Gasteiger partial charge < -0.3 is 19.8 Å². The van der Waals surface area contributed by atoms with E-state index in [4.69, 9.17) is 9.84 Å². The molecule has 1 aliphatic rings. The van der Waals surface area contributed by atoms with Gasteiger partial charge in [0.05, 0.1) is 18.8 Å². The quantitative estimate of drug-likeness (QED) is 0.847. The van der Waals surface area contributed by atoms with Gasteiger partial charge in [-0.2, -0.15) is 0 Å². The number of ether oxygens (including phenoxy) is 1. The fourth-order valence-corrected chi connectivity index (χ4v) is 2.25. The summed E-state index contributed by atoms with van der Waals surface area (Å²) in [6.07, 6.45) is 0. The number of rotatable bonds is 2. The Labute approximate surface area is 117 Å². The maximum absolute atomic E-state index is 12.3. The summed E-state index contributed by atoms with van der Waals surface area (Å²) in [7, 11) is 0. The molecule has 1 amide bonds. The molecule has 1 aromatic rings. The molecule has 2 rings (SSSR count). The molecule has 0 spiro atoms. The minimum atomic E-state index is -1.12. The van der Waals surface area contributed by atoms with Crippen LogP contribution in [0.1, 0.15) is 10.4 Å². The largest absolute Gasteiger partial charge is 0.507 e. The molecule has 0 bridgehead atoms. The van der Waals surface area contributed by atoms with E-state index in [0.29, 0.717) is 4.47 Å². The fraction of sp³-hybridized carbons (Fsp3) is 0.333. The average molecular weight is 330 g/mol. The van der Waals surface area contributed by atoms with Crippen molar-refractivity contribution in [3.05, 3.63) is 28.2 Å². The number of nitrogens with zero attached hydrogens (tertiary/aromatic N) is 1. The number of hydrogen-bond donors (Lipinski definition) is 2. The number of phenolic OH excluding ortho intramolecular Hbond substituents is 1. The third-order valence-electron chi connectivity index (χ3n) is 2.86. The molecule has 1 fully saturated rings. The summed E-state index contributed by atoms with van der Waals surface area (Å²) >= 11 is 3.21. The number of benzene rings is 1. The van der Waals surface area contributed by atoms with E-state index in [1.807, 2.05) is 0 Å². The van der Waals surface area contributed by atoms with Gasteiger partial charge in [0.2, 0.25) is 0 Å². The van der Waals surface area contributed by atoms with Gasteiger partial charge >= 0.3 is 5.97 Å². The lowest BCUT2D eigenvalue weighted by Gasteiger charge is -2.33. The number of halogens is 1. The summed E-state index contributed by atoms with van der Waals surface area (Å²) in [5.74, 6) is -1.82. The van der Waals surface area contributed by atoms with Crippen LogP contribution >= 0.6 is 15.9 Å². The van der Waals surface area contributed by atoms with Gasteiger partial charge in [0.1, 0.15) is 5.75 Å². The zero-order valence-electron chi connectivity index (χ0n) is 9.88. The van der Waals surface area contributed by atoms with E-state index in [1.54, 1.807) is 6.07 Å². The lowest BCUT2D eigenvalue weighted by molar-refractivity contribution is -0.147. The summed E-state index contributed by atoms with van der Waals surface area (Å²) in [6, 6.07) is 3.42. The van der Waals surface area contributed by atoms with Crippen molar-refractivity contribution in [2.75, 3.05) is 19.8 Å². The van der Waals surface area contributed by atoms with Gasteiger partial charge in [0.25, 0.3) is 5.91 Å². The van der Waals surface area contributed by atoms with Crippen molar-refractivity contribution in [3.8, 4) is 5.75 Å². The van der Waals surface area contributed by atoms with E-state index in [1.165, 1.54) is 17.0 Å². The van der Waals surface area contributed by atoms with Gasteiger partial charge in [0.15, 0.2) is 6.04 Å². The van der Waals surface area contributed by atoms with E-state index < -0.39 is 17.9 Å². The highest BCUT2D eigenvalue weighted by molar-refractivity contribution is 9.10. The second-order valence-corrected chi connectivity index (χ2v) is 5.00. The molecule has 102 valence electrons. The number of amides is 1. The number of aromatic hydroxyl groups is 1. The highest BCUT2D eigenvalue weighted by Crippen LogP contribution is 2.24. The first kappa shape index (κ1) is 13.8. The Kier molecular flexibility index (Phi) is 4.06. The Hall–Kier alpha value is -1.60. The first-order valence-corrected chi connectivity index (χ1v) is 6.40. The number of morpholine rings is 1. The number of hydrogen-bond acceptors (Lipinski definition) is 4. The summed E-state index contributed by atoms with van der Waals surface area (Å²) in [4.78, 5) is 24.6. The number of phenols is 1. The van der Waals surface area contributed by atoms with E-state index in [2.05, 4.69) is 15.9 Å². The van der Waals surface area contributed by atoms with Crippen molar-refractivity contribution >= 4 is 27.8 Å². The van der Waals surface area contributed by atoms with Crippen molar-refractivity contribution in [1.82, 2.24) is 4.90 Å². The van der Waals surface area contributed by atoms with E-state index in [0.717, 1.165) is 0 Å². The molecule has 0 aromatic heterocycles. The molecule has 0 aliphatic carbocycles. The predicted octanol–water partition coefficient (Wildman–Crippen LogP) is 1.08. The monoisotopic (exact) mass is 329 g/mol. The first-order chi connectivity index (χ1) is 9.00. The Morgan fingerprint density at radius 1 is 1.42 bits per heavy atom. The molecule has 0 radical (unpaired) electrons. The van der Waals surface area contributed by atoms with Crippen LogP contribution in [0, 0.1) is 0 Å². The van der Waals surface area contributed by atoms with Crippen LogP contribution in [0.3, 0.4) is 0 Å². The fourth-order valence-electron chi connectivity index (χ4n) is 1.89. The molecule has 1 atom stereocenters. The third kappa shape index (κ3) is 2.87. The second kappa shape index (κ2) is 5.58. The minimum Gasteiger partial charge on any atom is -0.507 e. The van der Waals surface area contributed by atoms with Gasteiger partial charge in [-0.1, -0.05) is 15.9 Å². The lowest BCUT2D eigenvalue weighted by atomic mass is 10.1. The molecule has 6 nitrogen and oxygen atoms in total. The minimum absolute atomic E-state index is 0.0458. The zero-order chi connectivity index (χ0) is 14.0. The van der Waals surface area contributed by atoms with Crippen LogP contribution in [-0.4, -0.2) is 52.8 Å². The third-order valence-corrected chi connectivity index (χ3v) is 3.36. The number of carboxylic acids is 1. The topological polar surface area (TPSA) is 87.1 Å². The number of aliphatic carboxylic acids is 1. The summed E-state index contributed by atoms with van der Waals surface area (Å²) < 4.78 is 5.70. The first-order valence-electron chi connectivity index (χ1n) is 5.60. The van der Waals surface area contributed by atoms with Crippen LogP contribution in [0.25, 0.3) is 0 Å². The molecular formula is C12H12BrNO5. The van der Waals surface area contributed by atoms with Crippen molar-refractivity contribution in [2.45, 2.75) is 6.04 Å². The van der Waals surface area contributed by atoms with Crippen LogP contribution in [0.15, 0.2) is 22.7 Å². The van der Waals surface area contributed by atoms with Crippen LogP contribution in [0.4, 0.5) is 0 Å². The second-order valence-electron chi connectivity index (χ2n) is 4.09. The highest BCUT2D eigenvalue weighted by Gasteiger charge is 2.34. The Morgan fingerprint density at radius 2 is 2.16 bits per heavy atom. The number of carboxylic acid groups (broad SMARTS) is 1. The molecule has 19 heavy (non-hydrogen) atoms. The van der Waals surface area contributed by atoms with Gasteiger partial charge in [-0.25, -0.2) is 4.79 Å². The number of carbonyl (C=O) groups excluding carboxylic acids is 1. The van der Waals surface area contributed by atoms with Crippen molar-refractivity contribution in [3.63, 3.8) is 0 Å². The normalized spacial score (nSPS) is 19.2. The summed E-state index contributed by atoms with van der Waals surface area (Å²) in [5, 5.41) is 18.8. The summed E-state index contributed by atoms with van der Waals surface area (Å²) in [5.41, 5.74) is 0.0718. The van der Waals surface area contributed by atoms with Gasteiger partial charge in [-0.15, -0.1) is 0 Å². The molecular weight excluding hydrogens is 318 g/mol. The van der Waals surface area contributed by atoms with Crippen LogP contribution in [0.2, 0.25) is 0 Å². The SMILES string of the molecule is O=C(O)C1COCCN1C(=O)c1cc(Br)ccc1O. The van der Waals surface area contributed by atoms with E-state index in [-0.39, 0.29) is 31.1 Å². The highest BCUT2D eigenvalue weighted by atomic mass is 79.9. The van der Waals surface area contributed by atoms with Crippen molar-refractivity contribution in [1.29, 1.82) is 0 Å². The Morgan fingerprint density at radius 3 is 2.84 bits per heavy atom. The van der Waals surface area contributed by atoms with E-state index >= 15 is 0 Å². The molecule has 1 aromatic carbocycles. The predicted molar refractivity (Wildman–Crippen MR) is 69.1 cm³/mol. The van der Waals surface area contributed by atoms with Gasteiger partial charge in [0, 0.05) is 11.0 Å². The zero-order valence-corrected chi connectivity index (χ0v) is 11.5. The van der Waals surface area contributed by atoms with Crippen molar-refractivity contribution in [2.24, 2.45) is 0 Å². The molecule has 2 N–H and O–H groups in total. The van der Waals surface area contributed by atoms with Gasteiger partial charge in [-0.3, -0.25) is 4.79 Å². The molecule has 1 heterocycles. The maximum Gasteiger partial charge on any atom is 0.328 e. The standard InChI is InChI=1S/C12H12BrNO5/c13-7-1-2-10(15)8(5-7)11(16)14-3-4-19-6-9(14)12(17)18/h1-2,5,9,15H,3-4,6H2,(H,17,18). The molecule has 1 aliphatic heterocycles. The molecule has 7 heteroatoms. The number of carbonyl (C=O) groups is 2. The van der Waals surface area contributed by atoms with Crippen LogP contribution in [-0.2, 0) is 9.53 Å². The van der Waals surface area contributed by atoms with Crippen LogP contribution < -0.4 is 0 Å². The lowest BCUT2D eigenvalue weighted by Crippen LogP contribution is -2.52. The smallest absolute Gasteiger partial charge is 0.328 e. The maximum atomic E-state index is 12.3. The van der Waals surface area contributed by atoms with Crippen LogP contribution in [0.5, 0.6) is 5.75 Å². The van der Waals surface area contributed by atoms with Crippen molar-refractivity contribution < 1.29 is 24.5 Å². The Bertz CT molecular complexity index is 519.